The number of anilines is 1. The molecule has 2 aromatic carbocycles. The summed E-state index contributed by atoms with van der Waals surface area (Å²) in [5.41, 5.74) is 2.15. The maximum atomic E-state index is 13.7. The van der Waals surface area contributed by atoms with E-state index in [1.807, 2.05) is 54.0 Å². The molecule has 0 saturated carbocycles. The van der Waals surface area contributed by atoms with Crippen LogP contribution in [0.15, 0.2) is 66.2 Å². The van der Waals surface area contributed by atoms with Crippen LogP contribution < -0.4 is 10.6 Å². The van der Waals surface area contributed by atoms with E-state index in [0.717, 1.165) is 34.0 Å². The van der Waals surface area contributed by atoms with Crippen LogP contribution in [0.2, 0.25) is 0 Å². The van der Waals surface area contributed by atoms with Crippen LogP contribution in [0.3, 0.4) is 0 Å². The van der Waals surface area contributed by atoms with Crippen LogP contribution in [0, 0.1) is 17.5 Å². The Balaban J connectivity index is 1.45. The number of rotatable bonds is 7. The quantitative estimate of drug-likeness (QED) is 0.406. The third-order valence-corrected chi connectivity index (χ3v) is 5.35. The molecule has 9 heteroatoms. The molecule has 2 aromatic heterocycles. The summed E-state index contributed by atoms with van der Waals surface area (Å²) in [6.45, 7) is 0.173. The van der Waals surface area contributed by atoms with Crippen LogP contribution in [-0.2, 0) is 11.3 Å². The number of carbonyl (C=O) groups is 1. The van der Waals surface area contributed by atoms with Crippen molar-refractivity contribution in [2.45, 2.75) is 6.54 Å². The first-order valence-corrected chi connectivity index (χ1v) is 10.2. The Bertz CT molecular complexity index is 1190. The zero-order valence-electron chi connectivity index (χ0n) is 16.1. The van der Waals surface area contributed by atoms with Crippen LogP contribution in [0.5, 0.6) is 0 Å². The number of nitrogens with one attached hydrogen (secondary N) is 2. The molecular weight excluding hydrogens is 425 g/mol. The van der Waals surface area contributed by atoms with Gasteiger partial charge in [-0.25, -0.2) is 17.9 Å². The number of hydrogen-bond acceptors (Lipinski definition) is 4. The smallest absolute Gasteiger partial charge is 0.238 e. The molecule has 4 rings (SSSR count). The van der Waals surface area contributed by atoms with Gasteiger partial charge in [0.2, 0.25) is 5.91 Å². The van der Waals surface area contributed by atoms with Gasteiger partial charge in [0, 0.05) is 18.3 Å². The molecule has 2 heterocycles. The van der Waals surface area contributed by atoms with E-state index in [9.17, 15) is 18.0 Å². The molecule has 5 nitrogen and oxygen atoms in total. The average Bonchev–Trinajstić information content (AvgIpc) is 3.45. The largest absolute Gasteiger partial charge is 0.322 e. The molecule has 158 valence electrons. The highest BCUT2D eigenvalue weighted by molar-refractivity contribution is 7.13. The van der Waals surface area contributed by atoms with E-state index in [-0.39, 0.29) is 6.54 Å². The molecule has 0 aliphatic carbocycles. The molecule has 0 radical (unpaired) electrons. The molecule has 0 bridgehead atoms. The Morgan fingerprint density at radius 3 is 2.55 bits per heavy atom. The zero-order valence-corrected chi connectivity index (χ0v) is 16.9. The topological polar surface area (TPSA) is 59.0 Å². The van der Waals surface area contributed by atoms with Gasteiger partial charge in [-0.3, -0.25) is 4.79 Å². The predicted molar refractivity (Wildman–Crippen MR) is 114 cm³/mol. The Morgan fingerprint density at radius 2 is 1.81 bits per heavy atom. The number of amides is 1. The highest BCUT2D eigenvalue weighted by Crippen LogP contribution is 2.27. The highest BCUT2D eigenvalue weighted by Gasteiger charge is 2.16. The molecule has 1 amide bonds. The van der Waals surface area contributed by atoms with Crippen molar-refractivity contribution in [1.82, 2.24) is 15.1 Å². The maximum Gasteiger partial charge on any atom is 0.238 e. The van der Waals surface area contributed by atoms with E-state index in [4.69, 9.17) is 0 Å². The van der Waals surface area contributed by atoms with Crippen LogP contribution in [0.25, 0.3) is 16.3 Å². The Labute approximate surface area is 180 Å². The summed E-state index contributed by atoms with van der Waals surface area (Å²) in [5, 5.41) is 11.9. The second-order valence-corrected chi connectivity index (χ2v) is 7.58. The number of halogens is 3. The molecule has 0 fully saturated rings. The van der Waals surface area contributed by atoms with Gasteiger partial charge in [0.05, 0.1) is 22.8 Å². The predicted octanol–water partition coefficient (Wildman–Crippen LogP) is 4.75. The third-order valence-electron chi connectivity index (χ3n) is 4.48. The normalized spacial score (nSPS) is 10.9. The zero-order chi connectivity index (χ0) is 21.8. The van der Waals surface area contributed by atoms with Crippen LogP contribution in [0.4, 0.5) is 18.9 Å². The minimum Gasteiger partial charge on any atom is -0.322 e. The number of hydrogen-bond donors (Lipinski definition) is 2. The summed E-state index contributed by atoms with van der Waals surface area (Å²) < 4.78 is 41.8. The molecule has 0 spiro atoms. The first-order valence-electron chi connectivity index (χ1n) is 9.35. The van der Waals surface area contributed by atoms with Gasteiger partial charge in [0.1, 0.15) is 5.69 Å². The minimum absolute atomic E-state index is 0.154. The highest BCUT2D eigenvalue weighted by atomic mass is 32.1. The van der Waals surface area contributed by atoms with E-state index in [2.05, 4.69) is 15.7 Å². The number of para-hydroxylation sites is 1. The van der Waals surface area contributed by atoms with E-state index >= 15 is 0 Å². The Kier molecular flexibility index (Phi) is 6.15. The lowest BCUT2D eigenvalue weighted by atomic mass is 10.2. The summed E-state index contributed by atoms with van der Waals surface area (Å²) >= 11 is 1.55. The second kappa shape index (κ2) is 9.15. The first kappa shape index (κ1) is 20.8. The standard InChI is InChI=1S/C22H17F3N4OS/c23-16-8-9-17(21(25)20(16)24)27-19(30)12-26-11-14-13-29(15-5-2-1-3-6-15)28-22(14)18-7-4-10-31-18/h1-10,13,26H,11-12H2,(H,27,30). The van der Waals surface area contributed by atoms with Crippen molar-refractivity contribution in [1.29, 1.82) is 0 Å². The molecule has 0 saturated heterocycles. The monoisotopic (exact) mass is 442 g/mol. The van der Waals surface area contributed by atoms with Crippen molar-refractivity contribution in [3.63, 3.8) is 0 Å². The van der Waals surface area contributed by atoms with Crippen molar-refractivity contribution < 1.29 is 18.0 Å². The van der Waals surface area contributed by atoms with E-state index in [1.165, 1.54) is 0 Å². The molecule has 0 atom stereocenters. The summed E-state index contributed by atoms with van der Waals surface area (Å²) in [5.74, 6) is -4.96. The minimum atomic E-state index is -1.63. The summed E-state index contributed by atoms with van der Waals surface area (Å²) in [7, 11) is 0. The third kappa shape index (κ3) is 4.68. The summed E-state index contributed by atoms with van der Waals surface area (Å²) in [6, 6.07) is 15.3. The molecule has 31 heavy (non-hydrogen) atoms. The molecule has 4 aromatic rings. The Hall–Kier alpha value is -3.43. The fraction of sp³-hybridized carbons (Fsp3) is 0.0909. The van der Waals surface area contributed by atoms with Crippen molar-refractivity contribution in [2.75, 3.05) is 11.9 Å². The lowest BCUT2D eigenvalue weighted by Crippen LogP contribution is -2.28. The lowest BCUT2D eigenvalue weighted by Gasteiger charge is -2.08. The van der Waals surface area contributed by atoms with Gasteiger partial charge < -0.3 is 10.6 Å². The van der Waals surface area contributed by atoms with Gasteiger partial charge in [-0.15, -0.1) is 11.3 Å². The fourth-order valence-corrected chi connectivity index (χ4v) is 3.74. The van der Waals surface area contributed by atoms with Gasteiger partial charge >= 0.3 is 0 Å². The van der Waals surface area contributed by atoms with Crippen molar-refractivity contribution in [2.24, 2.45) is 0 Å². The second-order valence-electron chi connectivity index (χ2n) is 6.64. The molecule has 2 N–H and O–H groups in total. The van der Waals surface area contributed by atoms with Crippen molar-refractivity contribution in [3.8, 4) is 16.3 Å². The number of thiophene rings is 1. The molecular formula is C22H17F3N4OS. The van der Waals surface area contributed by atoms with Crippen LogP contribution >= 0.6 is 11.3 Å². The lowest BCUT2D eigenvalue weighted by molar-refractivity contribution is -0.115. The van der Waals surface area contributed by atoms with Crippen LogP contribution in [-0.4, -0.2) is 22.2 Å². The maximum absolute atomic E-state index is 13.7. The average molecular weight is 442 g/mol. The van der Waals surface area contributed by atoms with E-state index in [1.54, 1.807) is 16.0 Å². The summed E-state index contributed by atoms with van der Waals surface area (Å²) in [6.07, 6.45) is 1.88. The number of benzene rings is 2. The molecule has 0 unspecified atom stereocenters. The first-order chi connectivity index (χ1) is 15.0. The number of nitrogens with zero attached hydrogens (tertiary/aromatic N) is 2. The number of carbonyl (C=O) groups excluding carboxylic acids is 1. The summed E-state index contributed by atoms with van der Waals surface area (Å²) in [4.78, 5) is 13.1. The molecule has 0 aliphatic rings. The Morgan fingerprint density at radius 1 is 1.00 bits per heavy atom. The van der Waals surface area contributed by atoms with E-state index in [0.29, 0.717) is 6.54 Å². The van der Waals surface area contributed by atoms with Crippen molar-refractivity contribution >= 4 is 22.9 Å². The van der Waals surface area contributed by atoms with Gasteiger partial charge in [0.15, 0.2) is 17.5 Å². The van der Waals surface area contributed by atoms with Crippen molar-refractivity contribution in [3.05, 3.63) is 89.2 Å². The molecule has 0 aliphatic heterocycles. The van der Waals surface area contributed by atoms with Gasteiger partial charge in [-0.05, 0) is 35.7 Å². The van der Waals surface area contributed by atoms with E-state index < -0.39 is 29.0 Å². The SMILES string of the molecule is O=C(CNCc1cn(-c2ccccc2)nc1-c1cccs1)Nc1ccc(F)c(F)c1F. The van der Waals surface area contributed by atoms with Gasteiger partial charge in [-0.1, -0.05) is 24.3 Å². The van der Waals surface area contributed by atoms with Gasteiger partial charge in [-0.2, -0.15) is 5.10 Å². The van der Waals surface area contributed by atoms with Crippen LogP contribution in [0.1, 0.15) is 5.56 Å². The number of aromatic nitrogens is 2. The fourth-order valence-electron chi connectivity index (χ4n) is 3.00. The van der Waals surface area contributed by atoms with Gasteiger partial charge in [0.25, 0.3) is 0 Å².